The lowest BCUT2D eigenvalue weighted by Gasteiger charge is -2.36. The summed E-state index contributed by atoms with van der Waals surface area (Å²) in [6, 6.07) is 4.75. The van der Waals surface area contributed by atoms with Gasteiger partial charge in [0.15, 0.2) is 5.82 Å². The molecule has 1 aliphatic carbocycles. The van der Waals surface area contributed by atoms with E-state index in [2.05, 4.69) is 27.8 Å². The third-order valence-electron chi connectivity index (χ3n) is 5.94. The number of nitrogens with one attached hydrogen (secondary N) is 3. The van der Waals surface area contributed by atoms with Crippen LogP contribution in [0.5, 0.6) is 0 Å². The van der Waals surface area contributed by atoms with Gasteiger partial charge < -0.3 is 25.6 Å². The van der Waals surface area contributed by atoms with E-state index in [0.29, 0.717) is 36.8 Å². The van der Waals surface area contributed by atoms with E-state index < -0.39 is 5.82 Å². The highest BCUT2D eigenvalue weighted by Crippen LogP contribution is 2.31. The summed E-state index contributed by atoms with van der Waals surface area (Å²) in [6.45, 7) is 5.66. The summed E-state index contributed by atoms with van der Waals surface area (Å²) in [6.07, 6.45) is 2.83. The van der Waals surface area contributed by atoms with E-state index in [1.165, 1.54) is 6.07 Å². The average molecular weight is 426 g/mol. The molecule has 0 radical (unpaired) electrons. The van der Waals surface area contributed by atoms with Crippen molar-refractivity contribution in [3.8, 4) is 11.4 Å². The maximum Gasteiger partial charge on any atom is 0.319 e. The predicted octanol–water partition coefficient (Wildman–Crippen LogP) is 2.44. The van der Waals surface area contributed by atoms with Crippen LogP contribution in [0, 0.1) is 5.82 Å². The van der Waals surface area contributed by atoms with Crippen molar-refractivity contribution >= 4 is 17.5 Å². The maximum atomic E-state index is 15.0. The van der Waals surface area contributed by atoms with E-state index in [9.17, 15) is 4.79 Å². The van der Waals surface area contributed by atoms with Gasteiger partial charge in [0.1, 0.15) is 11.6 Å². The lowest BCUT2D eigenvalue weighted by Crippen LogP contribution is -2.45. The summed E-state index contributed by atoms with van der Waals surface area (Å²) < 4.78 is 20.6. The average Bonchev–Trinajstić information content (AvgIpc) is 3.57. The van der Waals surface area contributed by atoms with Crippen molar-refractivity contribution in [1.29, 1.82) is 0 Å². The van der Waals surface area contributed by atoms with Crippen molar-refractivity contribution in [2.45, 2.75) is 44.8 Å². The number of carbonyl (C=O) groups is 1. The first kappa shape index (κ1) is 20.1. The van der Waals surface area contributed by atoms with Gasteiger partial charge >= 0.3 is 6.03 Å². The standard InChI is InChI=1S/C22H27FN6O2/c1-13-12-31-9-8-29(13)21-17-6-7-24-11-19(17)27-20(28-21)16-5-4-15(10-18(16)23)26-22(30)25-14-2-3-14/h4-5,10,13-14,24H,2-3,6-9,11-12H2,1H3,(H2,25,26,30)/t13-/m0/s1. The summed E-state index contributed by atoms with van der Waals surface area (Å²) in [5.41, 5.74) is 2.77. The first-order valence-corrected chi connectivity index (χ1v) is 10.9. The number of benzene rings is 1. The number of hydrogen-bond acceptors (Lipinski definition) is 6. The van der Waals surface area contributed by atoms with Crippen LogP contribution in [0.25, 0.3) is 11.4 Å². The fraction of sp³-hybridized carbons (Fsp3) is 0.500. The van der Waals surface area contributed by atoms with E-state index in [1.807, 2.05) is 0 Å². The molecule has 0 spiro atoms. The third kappa shape index (κ3) is 4.33. The fourth-order valence-corrected chi connectivity index (χ4v) is 4.09. The third-order valence-corrected chi connectivity index (χ3v) is 5.94. The topological polar surface area (TPSA) is 91.4 Å². The molecule has 1 saturated carbocycles. The highest BCUT2D eigenvalue weighted by atomic mass is 19.1. The van der Waals surface area contributed by atoms with Crippen molar-refractivity contribution in [3.63, 3.8) is 0 Å². The minimum absolute atomic E-state index is 0.192. The van der Waals surface area contributed by atoms with Gasteiger partial charge in [0.05, 0.1) is 30.5 Å². The SMILES string of the molecule is C[C@H]1COCCN1c1nc(-c2ccc(NC(=O)NC3CC3)cc2F)nc2c1CCNC2. The van der Waals surface area contributed by atoms with Gasteiger partial charge in [-0.25, -0.2) is 19.2 Å². The minimum Gasteiger partial charge on any atom is -0.377 e. The monoisotopic (exact) mass is 426 g/mol. The van der Waals surface area contributed by atoms with Crippen molar-refractivity contribution in [2.75, 3.05) is 36.5 Å². The van der Waals surface area contributed by atoms with Crippen LogP contribution in [0.15, 0.2) is 18.2 Å². The molecule has 1 aromatic carbocycles. The Morgan fingerprint density at radius 2 is 2.19 bits per heavy atom. The molecule has 2 fully saturated rings. The van der Waals surface area contributed by atoms with E-state index >= 15 is 4.39 Å². The molecular formula is C22H27FN6O2. The zero-order chi connectivity index (χ0) is 21.4. The minimum atomic E-state index is -0.464. The Morgan fingerprint density at radius 1 is 1.32 bits per heavy atom. The lowest BCUT2D eigenvalue weighted by atomic mass is 10.0. The highest BCUT2D eigenvalue weighted by molar-refractivity contribution is 5.90. The van der Waals surface area contributed by atoms with Gasteiger partial charge in [-0.2, -0.15) is 0 Å². The van der Waals surface area contributed by atoms with Gasteiger partial charge in [0.25, 0.3) is 0 Å². The Kier molecular flexibility index (Phi) is 5.45. The molecule has 0 bridgehead atoms. The number of ether oxygens (including phenoxy) is 1. The molecule has 164 valence electrons. The number of nitrogens with zero attached hydrogens (tertiary/aromatic N) is 3. The van der Waals surface area contributed by atoms with Crippen LogP contribution < -0.4 is 20.9 Å². The number of rotatable bonds is 4. The normalized spacial score (nSPS) is 20.8. The Morgan fingerprint density at radius 3 is 2.97 bits per heavy atom. The Labute approximate surface area is 180 Å². The van der Waals surface area contributed by atoms with E-state index in [1.54, 1.807) is 12.1 Å². The van der Waals surface area contributed by atoms with Crippen LogP contribution in [0.4, 0.5) is 20.7 Å². The van der Waals surface area contributed by atoms with Crippen molar-refractivity contribution in [1.82, 2.24) is 20.6 Å². The van der Waals surface area contributed by atoms with Gasteiger partial charge in [-0.3, -0.25) is 0 Å². The molecule has 31 heavy (non-hydrogen) atoms. The molecular weight excluding hydrogens is 399 g/mol. The van der Waals surface area contributed by atoms with Crippen LogP contribution in [-0.4, -0.2) is 54.4 Å². The number of morpholine rings is 1. The quantitative estimate of drug-likeness (QED) is 0.696. The molecule has 1 saturated heterocycles. The van der Waals surface area contributed by atoms with Crippen LogP contribution in [0.1, 0.15) is 31.0 Å². The van der Waals surface area contributed by atoms with Gasteiger partial charge in [-0.1, -0.05) is 0 Å². The highest BCUT2D eigenvalue weighted by Gasteiger charge is 2.28. The first-order valence-electron chi connectivity index (χ1n) is 10.9. The summed E-state index contributed by atoms with van der Waals surface area (Å²) in [4.78, 5) is 23.7. The molecule has 0 unspecified atom stereocenters. The maximum absolute atomic E-state index is 15.0. The van der Waals surface area contributed by atoms with E-state index in [-0.39, 0.29) is 18.1 Å². The second kappa shape index (κ2) is 8.39. The van der Waals surface area contributed by atoms with Gasteiger partial charge in [-0.15, -0.1) is 0 Å². The summed E-state index contributed by atoms with van der Waals surface area (Å²) in [7, 11) is 0. The summed E-state index contributed by atoms with van der Waals surface area (Å²) in [5, 5.41) is 8.86. The number of amides is 2. The molecule has 2 amide bonds. The molecule has 9 heteroatoms. The molecule has 5 rings (SSSR count). The molecule has 2 aromatic rings. The molecule has 3 N–H and O–H groups in total. The number of halogens is 1. The second-order valence-electron chi connectivity index (χ2n) is 8.41. The first-order chi connectivity index (χ1) is 15.1. The molecule has 3 heterocycles. The number of fused-ring (bicyclic) bond motifs is 1. The number of carbonyl (C=O) groups excluding carboxylic acids is 1. The van der Waals surface area contributed by atoms with Crippen molar-refractivity contribution in [3.05, 3.63) is 35.3 Å². The largest absolute Gasteiger partial charge is 0.377 e. The fourth-order valence-electron chi connectivity index (χ4n) is 4.09. The van der Waals surface area contributed by atoms with Crippen LogP contribution in [0.3, 0.4) is 0 Å². The number of urea groups is 1. The Hall–Kier alpha value is -2.78. The van der Waals surface area contributed by atoms with Gasteiger partial charge in [0.2, 0.25) is 0 Å². The zero-order valence-corrected chi connectivity index (χ0v) is 17.6. The van der Waals surface area contributed by atoms with E-state index in [0.717, 1.165) is 49.4 Å². The number of aromatic nitrogens is 2. The van der Waals surface area contributed by atoms with Crippen LogP contribution in [-0.2, 0) is 17.7 Å². The van der Waals surface area contributed by atoms with Crippen LogP contribution >= 0.6 is 0 Å². The smallest absolute Gasteiger partial charge is 0.319 e. The molecule has 1 atom stereocenters. The number of hydrogen-bond donors (Lipinski definition) is 3. The van der Waals surface area contributed by atoms with Crippen molar-refractivity contribution in [2.24, 2.45) is 0 Å². The number of anilines is 2. The van der Waals surface area contributed by atoms with Crippen molar-refractivity contribution < 1.29 is 13.9 Å². The Bertz CT molecular complexity index is 996. The molecule has 8 nitrogen and oxygen atoms in total. The summed E-state index contributed by atoms with van der Waals surface area (Å²) >= 11 is 0. The van der Waals surface area contributed by atoms with Gasteiger partial charge in [0, 0.05) is 30.4 Å². The molecule has 3 aliphatic rings. The predicted molar refractivity (Wildman–Crippen MR) is 116 cm³/mol. The zero-order valence-electron chi connectivity index (χ0n) is 17.6. The lowest BCUT2D eigenvalue weighted by molar-refractivity contribution is 0.0984. The van der Waals surface area contributed by atoms with Gasteiger partial charge in [-0.05, 0) is 50.9 Å². The molecule has 2 aliphatic heterocycles. The second-order valence-corrected chi connectivity index (χ2v) is 8.41. The Balaban J connectivity index is 1.46. The van der Waals surface area contributed by atoms with E-state index in [4.69, 9.17) is 14.7 Å². The van der Waals surface area contributed by atoms with Crippen LogP contribution in [0.2, 0.25) is 0 Å². The summed E-state index contributed by atoms with van der Waals surface area (Å²) in [5.74, 6) is 0.777. The molecule has 1 aromatic heterocycles.